The van der Waals surface area contributed by atoms with E-state index in [1.54, 1.807) is 35.1 Å². The highest BCUT2D eigenvalue weighted by molar-refractivity contribution is 7.90. The van der Waals surface area contributed by atoms with E-state index in [2.05, 4.69) is 20.4 Å². The molecule has 8 nitrogen and oxygen atoms in total. The van der Waals surface area contributed by atoms with E-state index in [0.29, 0.717) is 16.7 Å². The molecule has 3 aromatic rings. The van der Waals surface area contributed by atoms with E-state index in [4.69, 9.17) is 16.3 Å². The first-order valence-corrected chi connectivity index (χ1v) is 9.75. The molecule has 2 heterocycles. The molecule has 0 saturated heterocycles. The van der Waals surface area contributed by atoms with Gasteiger partial charge in [0.15, 0.2) is 9.84 Å². The first-order valence-electron chi connectivity index (χ1n) is 7.48. The van der Waals surface area contributed by atoms with E-state index in [1.165, 1.54) is 19.6 Å². The van der Waals surface area contributed by atoms with Crippen LogP contribution in [-0.2, 0) is 9.84 Å². The third-order valence-corrected chi connectivity index (χ3v) is 5.06. The van der Waals surface area contributed by atoms with Crippen LogP contribution in [-0.4, -0.2) is 41.5 Å². The van der Waals surface area contributed by atoms with Crippen LogP contribution in [0.15, 0.2) is 41.6 Å². The van der Waals surface area contributed by atoms with E-state index < -0.39 is 9.84 Å². The molecule has 0 fully saturated rings. The standard InChI is InChI=1S/C16H16ClN5O3S/c1-10-14(20-16-18-8-13(17)15(21-16)25-2)9-19-22(10)11-4-6-12(7-5-11)26(3,23)24/h4-9H,1-3H3,(H,18,20,21). The molecule has 0 aliphatic heterocycles. The fourth-order valence-electron chi connectivity index (χ4n) is 2.30. The van der Waals surface area contributed by atoms with Crippen molar-refractivity contribution >= 4 is 33.1 Å². The number of rotatable bonds is 5. The number of methoxy groups -OCH3 is 1. The number of sulfone groups is 1. The van der Waals surface area contributed by atoms with Crippen LogP contribution in [0.25, 0.3) is 5.69 Å². The third kappa shape index (κ3) is 3.63. The third-order valence-electron chi connectivity index (χ3n) is 3.67. The molecule has 0 aliphatic rings. The number of halogens is 1. The van der Waals surface area contributed by atoms with Crippen molar-refractivity contribution in [3.63, 3.8) is 0 Å². The topological polar surface area (TPSA) is 99.0 Å². The lowest BCUT2D eigenvalue weighted by Crippen LogP contribution is -2.03. The highest BCUT2D eigenvalue weighted by Gasteiger charge is 2.12. The maximum Gasteiger partial charge on any atom is 0.237 e. The Kier molecular flexibility index (Phi) is 4.84. The van der Waals surface area contributed by atoms with Gasteiger partial charge in [0.25, 0.3) is 0 Å². The Morgan fingerprint density at radius 2 is 1.88 bits per heavy atom. The maximum absolute atomic E-state index is 11.6. The fourth-order valence-corrected chi connectivity index (χ4v) is 3.10. The minimum atomic E-state index is -3.24. The van der Waals surface area contributed by atoms with Crippen molar-refractivity contribution < 1.29 is 13.2 Å². The summed E-state index contributed by atoms with van der Waals surface area (Å²) in [6.45, 7) is 1.87. The molecule has 10 heteroatoms. The predicted octanol–water partition coefficient (Wildman–Crippen LogP) is 2.78. The van der Waals surface area contributed by atoms with E-state index in [-0.39, 0.29) is 10.8 Å². The van der Waals surface area contributed by atoms with Gasteiger partial charge in [0.1, 0.15) is 5.02 Å². The Hall–Kier alpha value is -2.65. The molecule has 0 radical (unpaired) electrons. The van der Waals surface area contributed by atoms with Gasteiger partial charge in [-0.25, -0.2) is 18.1 Å². The van der Waals surface area contributed by atoms with Crippen molar-refractivity contribution in [2.75, 3.05) is 18.7 Å². The molecule has 1 N–H and O–H groups in total. The number of hydrogen-bond donors (Lipinski definition) is 1. The van der Waals surface area contributed by atoms with Gasteiger partial charge in [0.2, 0.25) is 11.8 Å². The summed E-state index contributed by atoms with van der Waals surface area (Å²) in [5.41, 5.74) is 2.23. The van der Waals surface area contributed by atoms with Gasteiger partial charge in [-0.3, -0.25) is 0 Å². The summed E-state index contributed by atoms with van der Waals surface area (Å²) in [5, 5.41) is 7.70. The quantitative estimate of drug-likeness (QED) is 0.711. The van der Waals surface area contributed by atoms with Gasteiger partial charge in [0, 0.05) is 6.26 Å². The summed E-state index contributed by atoms with van der Waals surface area (Å²) < 4.78 is 29.9. The number of hydrogen-bond acceptors (Lipinski definition) is 7. The van der Waals surface area contributed by atoms with Gasteiger partial charge in [-0.2, -0.15) is 10.1 Å². The summed E-state index contributed by atoms with van der Waals surface area (Å²) in [7, 11) is -1.77. The molecule has 1 aromatic carbocycles. The monoisotopic (exact) mass is 393 g/mol. The molecule has 26 heavy (non-hydrogen) atoms. The van der Waals surface area contributed by atoms with Crippen molar-refractivity contribution in [2.45, 2.75) is 11.8 Å². The van der Waals surface area contributed by atoms with Crippen LogP contribution in [0.4, 0.5) is 11.6 Å². The molecule has 0 aliphatic carbocycles. The van der Waals surface area contributed by atoms with Crippen LogP contribution in [0.5, 0.6) is 5.88 Å². The average Bonchev–Trinajstić information content (AvgIpc) is 2.96. The summed E-state index contributed by atoms with van der Waals surface area (Å²) >= 11 is 5.92. The molecule has 0 saturated carbocycles. The minimum absolute atomic E-state index is 0.256. The Morgan fingerprint density at radius 3 is 2.50 bits per heavy atom. The van der Waals surface area contributed by atoms with Crippen molar-refractivity contribution in [3.05, 3.63) is 47.4 Å². The first kappa shape index (κ1) is 18.2. The number of ether oxygens (including phenoxy) is 1. The van der Waals surface area contributed by atoms with Crippen LogP contribution >= 0.6 is 11.6 Å². The zero-order valence-electron chi connectivity index (χ0n) is 14.3. The Balaban J connectivity index is 1.88. The second-order valence-corrected chi connectivity index (χ2v) is 7.92. The SMILES string of the molecule is COc1nc(Nc2cnn(-c3ccc(S(C)(=O)=O)cc3)c2C)ncc1Cl. The van der Waals surface area contributed by atoms with Gasteiger partial charge in [0.05, 0.1) is 41.5 Å². The molecular formula is C16H16ClN5O3S. The zero-order chi connectivity index (χ0) is 18.9. The van der Waals surface area contributed by atoms with Crippen LogP contribution in [0.2, 0.25) is 5.02 Å². The van der Waals surface area contributed by atoms with E-state index >= 15 is 0 Å². The highest BCUT2D eigenvalue weighted by Crippen LogP contribution is 2.25. The smallest absolute Gasteiger partial charge is 0.237 e. The number of benzene rings is 1. The summed E-state index contributed by atoms with van der Waals surface area (Å²) in [4.78, 5) is 8.53. The van der Waals surface area contributed by atoms with E-state index in [1.807, 2.05) is 6.92 Å². The van der Waals surface area contributed by atoms with Gasteiger partial charge >= 0.3 is 0 Å². The lowest BCUT2D eigenvalue weighted by Gasteiger charge is -2.08. The van der Waals surface area contributed by atoms with Crippen LogP contribution in [0.3, 0.4) is 0 Å². The number of nitrogens with zero attached hydrogens (tertiary/aromatic N) is 4. The largest absolute Gasteiger partial charge is 0.480 e. The van der Waals surface area contributed by atoms with Crippen LogP contribution < -0.4 is 10.1 Å². The Bertz CT molecular complexity index is 1050. The van der Waals surface area contributed by atoms with E-state index in [9.17, 15) is 8.42 Å². The van der Waals surface area contributed by atoms with Crippen molar-refractivity contribution in [1.82, 2.24) is 19.7 Å². The number of nitrogens with one attached hydrogen (secondary N) is 1. The second kappa shape index (κ2) is 6.93. The van der Waals surface area contributed by atoms with E-state index in [0.717, 1.165) is 11.4 Å². The molecule has 0 spiro atoms. The number of aromatic nitrogens is 4. The van der Waals surface area contributed by atoms with Gasteiger partial charge in [-0.05, 0) is 31.2 Å². The minimum Gasteiger partial charge on any atom is -0.480 e. The summed E-state index contributed by atoms with van der Waals surface area (Å²) in [6.07, 6.45) is 4.24. The molecule has 2 aromatic heterocycles. The second-order valence-electron chi connectivity index (χ2n) is 5.50. The number of anilines is 2. The molecule has 0 bridgehead atoms. The van der Waals surface area contributed by atoms with Crippen molar-refractivity contribution in [3.8, 4) is 11.6 Å². The van der Waals surface area contributed by atoms with Gasteiger partial charge < -0.3 is 10.1 Å². The first-order chi connectivity index (χ1) is 12.3. The Labute approximate surface area is 155 Å². The molecule has 136 valence electrons. The van der Waals surface area contributed by atoms with Crippen molar-refractivity contribution in [1.29, 1.82) is 0 Å². The molecule has 0 atom stereocenters. The molecular weight excluding hydrogens is 378 g/mol. The lowest BCUT2D eigenvalue weighted by atomic mass is 10.3. The Morgan fingerprint density at radius 1 is 1.19 bits per heavy atom. The summed E-state index contributed by atoms with van der Waals surface area (Å²) in [6, 6.07) is 6.49. The lowest BCUT2D eigenvalue weighted by molar-refractivity contribution is 0.398. The normalized spacial score (nSPS) is 11.4. The van der Waals surface area contributed by atoms with Gasteiger partial charge in [-0.15, -0.1) is 0 Å². The van der Waals surface area contributed by atoms with Crippen molar-refractivity contribution in [2.24, 2.45) is 0 Å². The molecule has 0 amide bonds. The summed E-state index contributed by atoms with van der Waals surface area (Å²) in [5.74, 6) is 0.590. The van der Waals surface area contributed by atoms with Crippen LogP contribution in [0, 0.1) is 6.92 Å². The van der Waals surface area contributed by atoms with Gasteiger partial charge in [-0.1, -0.05) is 11.6 Å². The maximum atomic E-state index is 11.6. The zero-order valence-corrected chi connectivity index (χ0v) is 15.8. The molecule has 0 unspecified atom stereocenters. The molecule has 3 rings (SSSR count). The average molecular weight is 394 g/mol. The fraction of sp³-hybridized carbons (Fsp3) is 0.188. The van der Waals surface area contributed by atoms with Crippen LogP contribution in [0.1, 0.15) is 5.69 Å². The predicted molar refractivity (Wildman–Crippen MR) is 98.3 cm³/mol. The highest BCUT2D eigenvalue weighted by atomic mass is 35.5.